The van der Waals surface area contributed by atoms with Crippen molar-refractivity contribution in [2.24, 2.45) is 5.41 Å². The van der Waals surface area contributed by atoms with E-state index in [-0.39, 0.29) is 6.42 Å². The van der Waals surface area contributed by atoms with E-state index in [1.807, 2.05) is 12.1 Å². The minimum Gasteiger partial charge on any atom is -0.481 e. The van der Waals surface area contributed by atoms with Crippen LogP contribution < -0.4 is 0 Å². The number of rotatable bonds is 2. The molecule has 5 heteroatoms. The van der Waals surface area contributed by atoms with Gasteiger partial charge in [-0.1, -0.05) is 48.5 Å². The molecule has 1 unspecified atom stereocenters. The highest BCUT2D eigenvalue weighted by Crippen LogP contribution is 2.79. The minimum atomic E-state index is -4.57. The lowest BCUT2D eigenvalue weighted by Gasteiger charge is -2.25. The number of carboxylic acids is 1. The molecular weight excluding hydrogens is 305 g/mol. The van der Waals surface area contributed by atoms with Crippen LogP contribution in [0, 0.1) is 5.41 Å². The molecule has 1 N–H and O–H groups in total. The molecule has 2 aliphatic carbocycles. The molecule has 0 aromatic heterocycles. The average molecular weight is 318 g/mol. The van der Waals surface area contributed by atoms with Crippen LogP contribution in [0.2, 0.25) is 0 Å². The van der Waals surface area contributed by atoms with E-state index in [1.54, 1.807) is 36.4 Å². The van der Waals surface area contributed by atoms with E-state index in [1.165, 1.54) is 0 Å². The topological polar surface area (TPSA) is 37.3 Å². The van der Waals surface area contributed by atoms with Gasteiger partial charge in [0.25, 0.3) is 0 Å². The van der Waals surface area contributed by atoms with Crippen molar-refractivity contribution in [1.29, 1.82) is 0 Å². The van der Waals surface area contributed by atoms with Gasteiger partial charge in [-0.25, -0.2) is 0 Å². The maximum absolute atomic E-state index is 13.9. The molecule has 2 aliphatic rings. The van der Waals surface area contributed by atoms with Crippen molar-refractivity contribution in [2.75, 3.05) is 0 Å². The van der Waals surface area contributed by atoms with Gasteiger partial charge in [0.05, 0.1) is 11.8 Å². The third-order valence-corrected chi connectivity index (χ3v) is 5.32. The second-order valence-corrected chi connectivity index (χ2v) is 6.32. The summed E-state index contributed by atoms with van der Waals surface area (Å²) in [6, 6.07) is 14.0. The molecule has 4 rings (SSSR count). The van der Waals surface area contributed by atoms with E-state index in [9.17, 15) is 18.0 Å². The summed E-state index contributed by atoms with van der Waals surface area (Å²) in [6.07, 6.45) is -5.68. The summed E-state index contributed by atoms with van der Waals surface area (Å²) in [6.45, 7) is 0. The number of carboxylic acid groups (broad SMARTS) is 1. The molecule has 118 valence electrons. The maximum Gasteiger partial charge on any atom is 0.396 e. The molecule has 2 aromatic carbocycles. The van der Waals surface area contributed by atoms with Crippen LogP contribution >= 0.6 is 0 Å². The highest BCUT2D eigenvalue weighted by molar-refractivity contribution is 5.85. The predicted molar refractivity (Wildman–Crippen MR) is 78.0 cm³/mol. The lowest BCUT2D eigenvalue weighted by atomic mass is 9.81. The van der Waals surface area contributed by atoms with Crippen LogP contribution in [0.3, 0.4) is 0 Å². The third kappa shape index (κ3) is 1.57. The van der Waals surface area contributed by atoms with Gasteiger partial charge >= 0.3 is 12.1 Å². The average Bonchev–Trinajstić information content (AvgIpc) is 3.08. The summed E-state index contributed by atoms with van der Waals surface area (Å²) >= 11 is 0. The molecule has 0 bridgehead atoms. The van der Waals surface area contributed by atoms with Crippen molar-refractivity contribution in [3.8, 4) is 11.1 Å². The van der Waals surface area contributed by atoms with Crippen LogP contribution in [0.5, 0.6) is 0 Å². The highest BCUT2D eigenvalue weighted by atomic mass is 19.4. The first-order chi connectivity index (χ1) is 10.8. The van der Waals surface area contributed by atoms with Crippen LogP contribution in [0.25, 0.3) is 11.1 Å². The number of halogens is 3. The minimum absolute atomic E-state index is 0.205. The van der Waals surface area contributed by atoms with E-state index in [0.717, 1.165) is 11.1 Å². The standard InChI is InChI=1S/C18H13F3O2/c19-18(20,21)16(9-15(22)23)10-17(16)13-7-3-1-5-11(13)12-6-2-4-8-14(12)17/h1-8H,9-10H2,(H,22,23). The zero-order valence-electron chi connectivity index (χ0n) is 12.0. The lowest BCUT2D eigenvalue weighted by Crippen LogP contribution is -2.35. The number of aliphatic carboxylic acids is 1. The summed E-state index contributed by atoms with van der Waals surface area (Å²) < 4.78 is 41.6. The van der Waals surface area contributed by atoms with E-state index in [0.29, 0.717) is 11.1 Å². The molecule has 0 saturated heterocycles. The van der Waals surface area contributed by atoms with E-state index < -0.39 is 29.4 Å². The lowest BCUT2D eigenvalue weighted by molar-refractivity contribution is -0.198. The Morgan fingerprint density at radius 1 is 1.00 bits per heavy atom. The summed E-state index contributed by atoms with van der Waals surface area (Å²) in [4.78, 5) is 11.2. The molecule has 0 amide bonds. The van der Waals surface area contributed by atoms with Crippen molar-refractivity contribution >= 4 is 5.97 Å². The highest BCUT2D eigenvalue weighted by Gasteiger charge is 2.82. The molecule has 0 radical (unpaired) electrons. The third-order valence-electron chi connectivity index (χ3n) is 5.32. The number of carbonyl (C=O) groups is 1. The Bertz CT molecular complexity index is 780. The number of hydrogen-bond donors (Lipinski definition) is 1. The first-order valence-electron chi connectivity index (χ1n) is 7.31. The molecular formula is C18H13F3O2. The van der Waals surface area contributed by atoms with Gasteiger partial charge in [-0.05, 0) is 28.7 Å². The Morgan fingerprint density at radius 3 is 1.91 bits per heavy atom. The molecule has 2 aromatic rings. The van der Waals surface area contributed by atoms with Gasteiger partial charge in [-0.15, -0.1) is 0 Å². The molecule has 1 fully saturated rings. The van der Waals surface area contributed by atoms with Gasteiger partial charge in [0.15, 0.2) is 0 Å². The first kappa shape index (κ1) is 14.3. The summed E-state index contributed by atoms with van der Waals surface area (Å²) in [5.74, 6) is -1.42. The van der Waals surface area contributed by atoms with Gasteiger partial charge in [0, 0.05) is 5.41 Å². The van der Waals surface area contributed by atoms with Gasteiger partial charge in [0.2, 0.25) is 0 Å². The fourth-order valence-corrected chi connectivity index (χ4v) is 4.35. The van der Waals surface area contributed by atoms with Gasteiger partial charge in [-0.3, -0.25) is 4.79 Å². The second-order valence-electron chi connectivity index (χ2n) is 6.32. The number of hydrogen-bond acceptors (Lipinski definition) is 1. The summed E-state index contributed by atoms with van der Waals surface area (Å²) in [5, 5.41) is 9.09. The van der Waals surface area contributed by atoms with Crippen LogP contribution in [0.4, 0.5) is 13.2 Å². The van der Waals surface area contributed by atoms with Gasteiger partial charge in [-0.2, -0.15) is 13.2 Å². The number of alkyl halides is 3. The summed E-state index contributed by atoms with van der Waals surface area (Å²) in [7, 11) is 0. The van der Waals surface area contributed by atoms with Gasteiger partial charge < -0.3 is 5.11 Å². The van der Waals surface area contributed by atoms with Crippen molar-refractivity contribution in [3.05, 3.63) is 59.7 Å². The number of benzene rings is 2. The molecule has 0 aliphatic heterocycles. The Kier molecular flexibility index (Phi) is 2.59. The van der Waals surface area contributed by atoms with Crippen LogP contribution in [0.15, 0.2) is 48.5 Å². The maximum atomic E-state index is 13.9. The first-order valence-corrected chi connectivity index (χ1v) is 7.31. The van der Waals surface area contributed by atoms with Crippen LogP contribution in [0.1, 0.15) is 24.0 Å². The largest absolute Gasteiger partial charge is 0.481 e. The van der Waals surface area contributed by atoms with Crippen molar-refractivity contribution in [2.45, 2.75) is 24.4 Å². The molecule has 1 atom stereocenters. The van der Waals surface area contributed by atoms with E-state index >= 15 is 0 Å². The fraction of sp³-hybridized carbons (Fsp3) is 0.278. The van der Waals surface area contributed by atoms with E-state index in [4.69, 9.17) is 5.11 Å². The normalized spacial score (nSPS) is 23.4. The van der Waals surface area contributed by atoms with Crippen molar-refractivity contribution < 1.29 is 23.1 Å². The van der Waals surface area contributed by atoms with E-state index in [2.05, 4.69) is 0 Å². The summed E-state index contributed by atoms with van der Waals surface area (Å²) in [5.41, 5.74) is -0.746. The fourth-order valence-electron chi connectivity index (χ4n) is 4.35. The molecule has 0 heterocycles. The molecule has 23 heavy (non-hydrogen) atoms. The van der Waals surface area contributed by atoms with Crippen LogP contribution in [-0.4, -0.2) is 17.3 Å². The zero-order chi connectivity index (χ0) is 16.5. The monoisotopic (exact) mass is 318 g/mol. The molecule has 2 nitrogen and oxygen atoms in total. The van der Waals surface area contributed by atoms with Crippen LogP contribution in [-0.2, 0) is 10.2 Å². The Balaban J connectivity index is 2.01. The smallest absolute Gasteiger partial charge is 0.396 e. The van der Waals surface area contributed by atoms with Crippen molar-refractivity contribution in [3.63, 3.8) is 0 Å². The van der Waals surface area contributed by atoms with Crippen molar-refractivity contribution in [1.82, 2.24) is 0 Å². The van der Waals surface area contributed by atoms with Gasteiger partial charge in [0.1, 0.15) is 0 Å². The molecule has 1 spiro atoms. The Morgan fingerprint density at radius 2 is 1.48 bits per heavy atom. The quantitative estimate of drug-likeness (QED) is 0.892. The predicted octanol–water partition coefficient (Wildman–Crippen LogP) is 4.38. The molecule has 1 saturated carbocycles. The Hall–Kier alpha value is -2.30. The zero-order valence-corrected chi connectivity index (χ0v) is 12.0. The Labute approximate surface area is 130 Å². The number of fused-ring (bicyclic) bond motifs is 5. The second kappa shape index (κ2) is 4.16. The SMILES string of the molecule is O=C(O)CC1(C(F)(F)F)CC12c1ccccc1-c1ccccc12.